The molecule has 1 saturated carbocycles. The molecule has 3 N–H and O–H groups in total. The van der Waals surface area contributed by atoms with E-state index in [1.54, 1.807) is 6.07 Å². The van der Waals surface area contributed by atoms with Crippen molar-refractivity contribution in [2.75, 3.05) is 5.73 Å². The molecule has 2 aromatic heterocycles. The Kier molecular flexibility index (Phi) is 2.32. The van der Waals surface area contributed by atoms with E-state index >= 15 is 0 Å². The number of amides is 1. The van der Waals surface area contributed by atoms with E-state index < -0.39 is 0 Å². The smallest absolute Gasteiger partial charge is 0.292 e. The molecular formula is C10H10N4O2S. The number of nitrogens with two attached hydrogens (primary N) is 1. The second kappa shape index (κ2) is 3.85. The van der Waals surface area contributed by atoms with E-state index in [0.717, 1.165) is 12.8 Å². The van der Waals surface area contributed by atoms with E-state index in [9.17, 15) is 4.79 Å². The molecule has 1 aliphatic carbocycles. The summed E-state index contributed by atoms with van der Waals surface area (Å²) in [6.07, 6.45) is 2.04. The van der Waals surface area contributed by atoms with Crippen LogP contribution in [-0.2, 0) is 0 Å². The first kappa shape index (κ1) is 10.3. The summed E-state index contributed by atoms with van der Waals surface area (Å²) in [5.41, 5.74) is 6.31. The maximum absolute atomic E-state index is 11.6. The molecule has 0 saturated heterocycles. The average Bonchev–Trinajstić information content (AvgIpc) is 2.82. The van der Waals surface area contributed by atoms with E-state index in [2.05, 4.69) is 15.5 Å². The van der Waals surface area contributed by atoms with Crippen molar-refractivity contribution in [3.63, 3.8) is 0 Å². The van der Waals surface area contributed by atoms with Gasteiger partial charge in [-0.15, -0.1) is 11.3 Å². The Morgan fingerprint density at radius 2 is 2.41 bits per heavy atom. The van der Waals surface area contributed by atoms with E-state index in [1.165, 1.54) is 11.3 Å². The van der Waals surface area contributed by atoms with Crippen molar-refractivity contribution in [3.8, 4) is 10.8 Å². The molecule has 2 aromatic rings. The normalized spacial score (nSPS) is 14.8. The van der Waals surface area contributed by atoms with Crippen LogP contribution in [-0.4, -0.2) is 22.1 Å². The minimum Gasteiger partial charge on any atom is -0.397 e. The van der Waals surface area contributed by atoms with E-state index in [1.807, 2.05) is 5.38 Å². The number of nitrogens with one attached hydrogen (secondary N) is 1. The van der Waals surface area contributed by atoms with Gasteiger partial charge in [0.15, 0.2) is 0 Å². The number of aromatic nitrogens is 2. The first-order chi connectivity index (χ1) is 8.24. The largest absolute Gasteiger partial charge is 0.397 e. The summed E-state index contributed by atoms with van der Waals surface area (Å²) in [4.78, 5) is 16.4. The van der Waals surface area contributed by atoms with Gasteiger partial charge in [-0.05, 0) is 24.3 Å². The van der Waals surface area contributed by atoms with Gasteiger partial charge in [-0.1, -0.05) is 5.16 Å². The van der Waals surface area contributed by atoms with Crippen molar-refractivity contribution in [1.29, 1.82) is 0 Å². The van der Waals surface area contributed by atoms with E-state index in [0.29, 0.717) is 16.5 Å². The van der Waals surface area contributed by atoms with Crippen molar-refractivity contribution in [2.45, 2.75) is 18.9 Å². The van der Waals surface area contributed by atoms with Crippen LogP contribution in [0.15, 0.2) is 16.0 Å². The number of nitrogens with zero attached hydrogens (tertiary/aromatic N) is 2. The zero-order chi connectivity index (χ0) is 11.8. The molecule has 0 aliphatic heterocycles. The van der Waals surface area contributed by atoms with Gasteiger partial charge in [0.05, 0.1) is 5.69 Å². The van der Waals surface area contributed by atoms with Gasteiger partial charge in [-0.25, -0.2) is 0 Å². The second-order valence-electron chi connectivity index (χ2n) is 3.88. The minimum absolute atomic E-state index is 0.0553. The number of carbonyl (C=O) groups excluding carboxylic acids is 1. The summed E-state index contributed by atoms with van der Waals surface area (Å²) in [6, 6.07) is 2.03. The lowest BCUT2D eigenvalue weighted by atomic mass is 10.4. The van der Waals surface area contributed by atoms with Crippen molar-refractivity contribution >= 4 is 22.9 Å². The topological polar surface area (TPSA) is 94.0 Å². The number of nitrogen functional groups attached to an aromatic ring is 1. The summed E-state index contributed by atoms with van der Waals surface area (Å²) < 4.78 is 5.02. The molecule has 2 heterocycles. The fraction of sp³-hybridized carbons (Fsp3) is 0.300. The fourth-order valence-electron chi connectivity index (χ4n) is 1.38. The minimum atomic E-state index is -0.294. The van der Waals surface area contributed by atoms with Crippen molar-refractivity contribution in [2.24, 2.45) is 0 Å². The van der Waals surface area contributed by atoms with Crippen LogP contribution in [0.2, 0.25) is 0 Å². The van der Waals surface area contributed by atoms with Gasteiger partial charge in [-0.2, -0.15) is 4.98 Å². The summed E-state index contributed by atoms with van der Waals surface area (Å²) in [6.45, 7) is 0. The van der Waals surface area contributed by atoms with Gasteiger partial charge in [0.25, 0.3) is 17.6 Å². The van der Waals surface area contributed by atoms with Gasteiger partial charge < -0.3 is 15.6 Å². The Labute approximate surface area is 101 Å². The monoisotopic (exact) mass is 250 g/mol. The third-order valence-corrected chi connectivity index (χ3v) is 3.35. The quantitative estimate of drug-likeness (QED) is 0.855. The van der Waals surface area contributed by atoms with Crippen LogP contribution >= 0.6 is 11.3 Å². The molecule has 0 atom stereocenters. The van der Waals surface area contributed by atoms with Gasteiger partial charge in [0, 0.05) is 6.04 Å². The van der Waals surface area contributed by atoms with E-state index in [-0.39, 0.29) is 17.8 Å². The third-order valence-electron chi connectivity index (χ3n) is 2.43. The maximum atomic E-state index is 11.6. The highest BCUT2D eigenvalue weighted by Gasteiger charge is 2.26. The fourth-order valence-corrected chi connectivity index (χ4v) is 2.12. The van der Waals surface area contributed by atoms with Gasteiger partial charge in [-0.3, -0.25) is 4.79 Å². The number of rotatable bonds is 3. The Bertz CT molecular complexity index is 558. The number of carbonyl (C=O) groups is 1. The Balaban J connectivity index is 1.82. The molecule has 17 heavy (non-hydrogen) atoms. The lowest BCUT2D eigenvalue weighted by Gasteiger charge is -1.95. The van der Waals surface area contributed by atoms with Crippen LogP contribution in [0.4, 0.5) is 5.69 Å². The number of thiophene rings is 1. The van der Waals surface area contributed by atoms with Gasteiger partial charge in [0.2, 0.25) is 0 Å². The van der Waals surface area contributed by atoms with Crippen molar-refractivity contribution in [3.05, 3.63) is 17.3 Å². The highest BCUT2D eigenvalue weighted by molar-refractivity contribution is 7.14. The zero-order valence-electron chi connectivity index (χ0n) is 8.84. The first-order valence-electron chi connectivity index (χ1n) is 5.22. The Hall–Kier alpha value is -1.89. The Morgan fingerprint density at radius 1 is 1.59 bits per heavy atom. The zero-order valence-corrected chi connectivity index (χ0v) is 9.66. The predicted molar refractivity (Wildman–Crippen MR) is 62.5 cm³/mol. The number of hydrogen-bond donors (Lipinski definition) is 2. The summed E-state index contributed by atoms with van der Waals surface area (Å²) in [7, 11) is 0. The molecule has 0 spiro atoms. The lowest BCUT2D eigenvalue weighted by molar-refractivity contribution is 0.0937. The van der Waals surface area contributed by atoms with Crippen LogP contribution in [0.25, 0.3) is 10.8 Å². The third kappa shape index (κ3) is 2.01. The highest BCUT2D eigenvalue weighted by atomic mass is 32.1. The molecule has 1 fully saturated rings. The molecule has 1 amide bonds. The lowest BCUT2D eigenvalue weighted by Crippen LogP contribution is -2.26. The molecule has 0 radical (unpaired) electrons. The van der Waals surface area contributed by atoms with Crippen molar-refractivity contribution in [1.82, 2.24) is 15.5 Å². The van der Waals surface area contributed by atoms with Crippen LogP contribution in [0.1, 0.15) is 23.5 Å². The van der Waals surface area contributed by atoms with Gasteiger partial charge in [0.1, 0.15) is 4.88 Å². The highest BCUT2D eigenvalue weighted by Crippen LogP contribution is 2.30. The van der Waals surface area contributed by atoms with Gasteiger partial charge >= 0.3 is 0 Å². The SMILES string of the molecule is Nc1ccsc1-c1nc(C(=O)NC2CC2)no1. The van der Waals surface area contributed by atoms with Crippen LogP contribution in [0.5, 0.6) is 0 Å². The first-order valence-corrected chi connectivity index (χ1v) is 6.10. The predicted octanol–water partition coefficient (Wildman–Crippen LogP) is 1.27. The average molecular weight is 250 g/mol. The molecule has 3 rings (SSSR count). The number of hydrogen-bond acceptors (Lipinski definition) is 6. The molecule has 0 bridgehead atoms. The maximum Gasteiger partial charge on any atom is 0.292 e. The molecule has 1 aliphatic rings. The van der Waals surface area contributed by atoms with Crippen LogP contribution in [0.3, 0.4) is 0 Å². The van der Waals surface area contributed by atoms with Crippen LogP contribution < -0.4 is 11.1 Å². The van der Waals surface area contributed by atoms with Crippen molar-refractivity contribution < 1.29 is 9.32 Å². The molecular weight excluding hydrogens is 240 g/mol. The summed E-state index contributed by atoms with van der Waals surface area (Å²) >= 11 is 1.40. The molecule has 7 heteroatoms. The number of anilines is 1. The van der Waals surface area contributed by atoms with Crippen LogP contribution in [0, 0.1) is 0 Å². The standard InChI is InChI=1S/C10H10N4O2S/c11-6-3-4-17-7(6)10-13-8(14-16-10)9(15)12-5-1-2-5/h3-5H,1-2,11H2,(H,12,15). The molecule has 0 aromatic carbocycles. The van der Waals surface area contributed by atoms with E-state index in [4.69, 9.17) is 10.3 Å². The molecule has 88 valence electrons. The molecule has 0 unspecified atom stereocenters. The molecule has 6 nitrogen and oxygen atoms in total. The summed E-state index contributed by atoms with van der Waals surface area (Å²) in [5.74, 6) is 0.0516. The second-order valence-corrected chi connectivity index (χ2v) is 4.79. The summed E-state index contributed by atoms with van der Waals surface area (Å²) in [5, 5.41) is 8.27. The Morgan fingerprint density at radius 3 is 3.06 bits per heavy atom.